The zero-order valence-electron chi connectivity index (χ0n) is 17.9. The van der Waals surface area contributed by atoms with Crippen molar-refractivity contribution in [3.05, 3.63) is 0 Å². The number of sulfonamides is 1. The van der Waals surface area contributed by atoms with Crippen LogP contribution in [-0.2, 0) is 33.8 Å². The summed E-state index contributed by atoms with van der Waals surface area (Å²) in [5, 5.41) is 1.62. The molecule has 0 aliphatic carbocycles. The highest BCUT2D eigenvalue weighted by Crippen LogP contribution is 2.55. The maximum absolute atomic E-state index is 14.1. The number of ether oxygens (including phenoxy) is 4. The van der Waals surface area contributed by atoms with Gasteiger partial charge in [-0.1, -0.05) is 0 Å². The molecule has 0 heterocycles. The zero-order chi connectivity index (χ0) is 27.4. The first-order valence-electron chi connectivity index (χ1n) is 9.57. The van der Waals surface area contributed by atoms with E-state index in [1.807, 2.05) is 0 Å². The number of hydrogen-bond donors (Lipinski definition) is 1. The van der Waals surface area contributed by atoms with Crippen LogP contribution in [0, 0.1) is 0 Å². The Morgan fingerprint density at radius 2 is 1.11 bits per heavy atom. The number of nitrogens with zero attached hydrogens (tertiary/aromatic N) is 1. The van der Waals surface area contributed by atoms with E-state index in [-0.39, 0.29) is 46.2 Å². The Morgan fingerprint density at radius 3 is 1.51 bits per heavy atom. The van der Waals surface area contributed by atoms with E-state index in [2.05, 4.69) is 4.74 Å². The lowest BCUT2D eigenvalue weighted by Gasteiger charge is -2.35. The standard InChI is InChI=1S/C16H24F9NO8S/c17-13(18,15(21,22)23)14(19,20)16(24,25)35(29,30)26(1-5-31-9-11-33-7-3-27)2-6-32-10-12-34-8-4-28/h3,28H,1-2,4-12H2. The van der Waals surface area contributed by atoms with Crippen LogP contribution in [0.3, 0.4) is 0 Å². The van der Waals surface area contributed by atoms with Crippen LogP contribution in [0.25, 0.3) is 0 Å². The predicted molar refractivity (Wildman–Crippen MR) is 97.8 cm³/mol. The summed E-state index contributed by atoms with van der Waals surface area (Å²) in [6.07, 6.45) is -6.81. The molecular weight excluding hydrogens is 537 g/mol. The van der Waals surface area contributed by atoms with E-state index >= 15 is 0 Å². The number of rotatable bonds is 20. The van der Waals surface area contributed by atoms with Crippen LogP contribution < -0.4 is 0 Å². The second-order valence-corrected chi connectivity index (χ2v) is 8.35. The third-order valence-electron chi connectivity index (χ3n) is 3.92. The Bertz CT molecular complexity index is 722. The quantitative estimate of drug-likeness (QED) is 0.135. The number of hydrogen-bond acceptors (Lipinski definition) is 8. The molecule has 0 spiro atoms. The fourth-order valence-electron chi connectivity index (χ4n) is 2.11. The molecular formula is C16H24F9NO8S. The molecule has 35 heavy (non-hydrogen) atoms. The minimum Gasteiger partial charge on any atom is -0.394 e. The Hall–Kier alpha value is -1.25. The maximum Gasteiger partial charge on any atom is 0.460 e. The molecule has 1 N–H and O–H groups in total. The number of alkyl halides is 9. The van der Waals surface area contributed by atoms with E-state index in [4.69, 9.17) is 19.3 Å². The summed E-state index contributed by atoms with van der Waals surface area (Å²) in [5.74, 6) is -14.8. The first kappa shape index (κ1) is 33.8. The van der Waals surface area contributed by atoms with E-state index in [0.29, 0.717) is 6.29 Å². The van der Waals surface area contributed by atoms with E-state index in [0.717, 1.165) is 0 Å². The highest BCUT2D eigenvalue weighted by atomic mass is 32.2. The van der Waals surface area contributed by atoms with Crippen molar-refractivity contribution in [3.63, 3.8) is 0 Å². The number of halogens is 9. The molecule has 0 saturated carbocycles. The molecule has 9 nitrogen and oxygen atoms in total. The topological polar surface area (TPSA) is 112 Å². The minimum absolute atomic E-state index is 0.105. The fourth-order valence-corrected chi connectivity index (χ4v) is 3.51. The molecule has 0 aromatic rings. The molecule has 0 saturated heterocycles. The van der Waals surface area contributed by atoms with Gasteiger partial charge < -0.3 is 28.8 Å². The van der Waals surface area contributed by atoms with Crippen LogP contribution in [-0.4, -0.2) is 120 Å². The number of aldehydes is 1. The predicted octanol–water partition coefficient (Wildman–Crippen LogP) is 1.30. The molecule has 0 unspecified atom stereocenters. The lowest BCUT2D eigenvalue weighted by Crippen LogP contribution is -2.65. The highest BCUT2D eigenvalue weighted by molar-refractivity contribution is 7.90. The van der Waals surface area contributed by atoms with Gasteiger partial charge in [0, 0.05) is 13.1 Å². The fraction of sp³-hybridized carbons (Fsp3) is 0.938. The van der Waals surface area contributed by atoms with E-state index in [1.54, 1.807) is 0 Å². The molecule has 0 atom stereocenters. The molecule has 0 aliphatic rings. The first-order chi connectivity index (χ1) is 16.0. The third kappa shape index (κ3) is 8.97. The number of aliphatic hydroxyl groups excluding tert-OH is 1. The molecule has 0 amide bonds. The third-order valence-corrected chi connectivity index (χ3v) is 5.86. The van der Waals surface area contributed by atoms with E-state index < -0.39 is 63.9 Å². The largest absolute Gasteiger partial charge is 0.460 e. The summed E-state index contributed by atoms with van der Waals surface area (Å²) in [4.78, 5) is 10.1. The lowest BCUT2D eigenvalue weighted by molar-refractivity contribution is -0.382. The highest BCUT2D eigenvalue weighted by Gasteiger charge is 2.85. The van der Waals surface area contributed by atoms with Crippen LogP contribution in [0.4, 0.5) is 39.5 Å². The van der Waals surface area contributed by atoms with E-state index in [1.165, 1.54) is 0 Å². The van der Waals surface area contributed by atoms with Gasteiger partial charge in [-0.2, -0.15) is 43.8 Å². The van der Waals surface area contributed by atoms with Crippen molar-refractivity contribution in [2.75, 3.05) is 72.6 Å². The van der Waals surface area contributed by atoms with Gasteiger partial charge in [-0.05, 0) is 0 Å². The van der Waals surface area contributed by atoms with Crippen LogP contribution in [0.15, 0.2) is 0 Å². The van der Waals surface area contributed by atoms with Gasteiger partial charge in [0.05, 0.1) is 52.9 Å². The molecule has 0 aromatic carbocycles. The first-order valence-corrected chi connectivity index (χ1v) is 11.0. The minimum atomic E-state index is -7.39. The normalized spacial score (nSPS) is 14.0. The zero-order valence-corrected chi connectivity index (χ0v) is 18.7. The second-order valence-electron chi connectivity index (χ2n) is 6.37. The van der Waals surface area contributed by atoms with Crippen molar-refractivity contribution in [2.24, 2.45) is 0 Å². The van der Waals surface area contributed by atoms with Gasteiger partial charge in [0.15, 0.2) is 0 Å². The summed E-state index contributed by atoms with van der Waals surface area (Å²) in [6, 6.07) is 0. The Balaban J connectivity index is 5.53. The number of carbonyl (C=O) groups excluding carboxylic acids is 1. The summed E-state index contributed by atoms with van der Waals surface area (Å²) in [5.41, 5.74) is 0. The molecule has 0 bridgehead atoms. The van der Waals surface area contributed by atoms with Gasteiger partial charge >= 0.3 is 23.3 Å². The summed E-state index contributed by atoms with van der Waals surface area (Å²) in [6.45, 7) is -5.70. The van der Waals surface area contributed by atoms with Crippen LogP contribution >= 0.6 is 0 Å². The SMILES string of the molecule is O=CCOCCOCCN(CCOCCOCCO)S(=O)(=O)C(F)(F)C(F)(F)C(F)(F)C(F)(F)F. The Morgan fingerprint density at radius 1 is 0.686 bits per heavy atom. The van der Waals surface area contributed by atoms with Crippen molar-refractivity contribution in [1.82, 2.24) is 4.31 Å². The van der Waals surface area contributed by atoms with Crippen molar-refractivity contribution < 1.29 is 76.8 Å². The van der Waals surface area contributed by atoms with Gasteiger partial charge in [-0.15, -0.1) is 0 Å². The average Bonchev–Trinajstić information content (AvgIpc) is 2.75. The Kier molecular flexibility index (Phi) is 14.0. The van der Waals surface area contributed by atoms with Gasteiger partial charge in [-0.25, -0.2) is 8.42 Å². The van der Waals surface area contributed by atoms with Crippen LogP contribution in [0.2, 0.25) is 0 Å². The molecule has 210 valence electrons. The molecule has 0 radical (unpaired) electrons. The maximum atomic E-state index is 14.1. The average molecular weight is 561 g/mol. The lowest BCUT2D eigenvalue weighted by atomic mass is 10.1. The monoisotopic (exact) mass is 561 g/mol. The number of carbonyl (C=O) groups is 1. The van der Waals surface area contributed by atoms with Gasteiger partial charge in [0.2, 0.25) is 0 Å². The van der Waals surface area contributed by atoms with Gasteiger partial charge in [0.25, 0.3) is 10.0 Å². The molecule has 0 rings (SSSR count). The van der Waals surface area contributed by atoms with Crippen molar-refractivity contribution >= 4 is 16.3 Å². The summed E-state index contributed by atoms with van der Waals surface area (Å²) < 4.78 is 162. The van der Waals surface area contributed by atoms with Gasteiger partial charge in [0.1, 0.15) is 12.9 Å². The molecule has 0 aliphatic heterocycles. The van der Waals surface area contributed by atoms with Gasteiger partial charge in [-0.3, -0.25) is 0 Å². The van der Waals surface area contributed by atoms with Crippen molar-refractivity contribution in [3.8, 4) is 0 Å². The summed E-state index contributed by atoms with van der Waals surface area (Å²) in [7, 11) is -6.84. The Labute approximate surface area is 194 Å². The second kappa shape index (κ2) is 14.5. The summed E-state index contributed by atoms with van der Waals surface area (Å²) >= 11 is 0. The van der Waals surface area contributed by atoms with Crippen molar-refractivity contribution in [2.45, 2.75) is 23.3 Å². The van der Waals surface area contributed by atoms with Crippen molar-refractivity contribution in [1.29, 1.82) is 0 Å². The van der Waals surface area contributed by atoms with E-state index in [9.17, 15) is 52.7 Å². The van der Waals surface area contributed by atoms with Crippen LogP contribution in [0.5, 0.6) is 0 Å². The molecule has 0 fully saturated rings. The molecule has 19 heteroatoms. The van der Waals surface area contributed by atoms with Crippen LogP contribution in [0.1, 0.15) is 0 Å². The molecule has 0 aromatic heterocycles. The number of aliphatic hydroxyl groups is 1. The smallest absolute Gasteiger partial charge is 0.394 e.